The van der Waals surface area contributed by atoms with Gasteiger partial charge in [0.15, 0.2) is 8.68 Å². The molecule has 0 aliphatic heterocycles. The predicted molar refractivity (Wildman–Crippen MR) is 48.3 cm³/mol. The summed E-state index contributed by atoms with van der Waals surface area (Å²) in [6, 6.07) is 0. The number of thioether (sulfide) groups is 2. The van der Waals surface area contributed by atoms with Crippen LogP contribution in [0.4, 0.5) is 0 Å². The molecule has 0 N–H and O–H groups in total. The van der Waals surface area contributed by atoms with Crippen molar-refractivity contribution in [2.24, 2.45) is 0 Å². The van der Waals surface area contributed by atoms with Crippen molar-refractivity contribution in [1.82, 2.24) is 10.2 Å². The van der Waals surface area contributed by atoms with E-state index in [2.05, 4.69) is 10.2 Å². The fraction of sp³-hybridized carbons (Fsp3) is 0.500. The molecular weight excluding hydrogens is 208 g/mol. The molecule has 0 aliphatic rings. The summed E-state index contributed by atoms with van der Waals surface area (Å²) in [4.78, 5) is 0. The van der Waals surface area contributed by atoms with Gasteiger partial charge < -0.3 is 0 Å². The second-order valence-corrected chi connectivity index (χ2v) is 5.13. The maximum atomic E-state index is 5.48. The number of halogens is 1. The van der Waals surface area contributed by atoms with Crippen LogP contribution in [0, 0.1) is 0 Å². The van der Waals surface area contributed by atoms with Crippen LogP contribution in [0.3, 0.4) is 0 Å². The number of aromatic nitrogens is 2. The van der Waals surface area contributed by atoms with E-state index >= 15 is 0 Å². The summed E-state index contributed by atoms with van der Waals surface area (Å²) in [5, 5.41) is 8.35. The predicted octanol–water partition coefficient (Wildman–Crippen LogP) is 2.55. The largest absolute Gasteiger partial charge is 0.176 e. The van der Waals surface area contributed by atoms with Crippen LogP contribution in [0.25, 0.3) is 0 Å². The zero-order valence-corrected chi connectivity index (χ0v) is 8.41. The van der Waals surface area contributed by atoms with Gasteiger partial charge in [-0.3, -0.25) is 0 Å². The standard InChI is InChI=1S/C4H5ClN2S3/c1-8-3-6-7-4(10-3)9-2-5/h2H2,1H3. The number of hydrogen-bond donors (Lipinski definition) is 0. The van der Waals surface area contributed by atoms with E-state index in [0.717, 1.165) is 8.68 Å². The quantitative estimate of drug-likeness (QED) is 0.568. The Balaban J connectivity index is 2.59. The van der Waals surface area contributed by atoms with Crippen molar-refractivity contribution in [2.75, 3.05) is 11.5 Å². The van der Waals surface area contributed by atoms with Gasteiger partial charge in [0, 0.05) is 0 Å². The van der Waals surface area contributed by atoms with E-state index < -0.39 is 0 Å². The first kappa shape index (κ1) is 8.64. The summed E-state index contributed by atoms with van der Waals surface area (Å²) in [5.41, 5.74) is 0. The number of rotatable bonds is 3. The van der Waals surface area contributed by atoms with E-state index in [4.69, 9.17) is 11.6 Å². The second kappa shape index (κ2) is 4.43. The van der Waals surface area contributed by atoms with Gasteiger partial charge in [-0.15, -0.1) is 21.8 Å². The fourth-order valence-corrected chi connectivity index (χ4v) is 2.89. The Morgan fingerprint density at radius 3 is 2.70 bits per heavy atom. The summed E-state index contributed by atoms with van der Waals surface area (Å²) in [5.74, 6) is 0. The van der Waals surface area contributed by atoms with Crippen LogP contribution < -0.4 is 0 Å². The van der Waals surface area contributed by atoms with E-state index in [1.54, 1.807) is 23.1 Å². The van der Waals surface area contributed by atoms with Crippen LogP contribution in [0.1, 0.15) is 0 Å². The Kier molecular flexibility index (Phi) is 3.83. The summed E-state index contributed by atoms with van der Waals surface area (Å²) in [6.07, 6.45) is 1.98. The van der Waals surface area contributed by atoms with E-state index in [0.29, 0.717) is 5.21 Å². The third-order valence-corrected chi connectivity index (χ3v) is 3.80. The van der Waals surface area contributed by atoms with E-state index in [9.17, 15) is 0 Å². The third-order valence-electron chi connectivity index (χ3n) is 0.741. The molecule has 0 fully saturated rings. The summed E-state index contributed by atoms with van der Waals surface area (Å²) in [6.45, 7) is 0. The van der Waals surface area contributed by atoms with Crippen molar-refractivity contribution in [3.8, 4) is 0 Å². The summed E-state index contributed by atoms with van der Waals surface area (Å²) < 4.78 is 1.94. The molecule has 0 aromatic carbocycles. The number of hydrogen-bond acceptors (Lipinski definition) is 5. The third kappa shape index (κ3) is 2.30. The van der Waals surface area contributed by atoms with Gasteiger partial charge in [0.1, 0.15) is 0 Å². The molecule has 0 saturated carbocycles. The van der Waals surface area contributed by atoms with Gasteiger partial charge in [-0.1, -0.05) is 34.9 Å². The summed E-state index contributed by atoms with van der Waals surface area (Å²) in [7, 11) is 0. The first-order valence-electron chi connectivity index (χ1n) is 2.43. The molecule has 1 heterocycles. The Morgan fingerprint density at radius 1 is 1.50 bits per heavy atom. The lowest BCUT2D eigenvalue weighted by Gasteiger charge is -1.82. The van der Waals surface area contributed by atoms with Gasteiger partial charge in [-0.25, -0.2) is 0 Å². The maximum Gasteiger partial charge on any atom is 0.176 e. The summed E-state index contributed by atoms with van der Waals surface area (Å²) >= 11 is 10.2. The molecule has 0 amide bonds. The van der Waals surface area contributed by atoms with Crippen molar-refractivity contribution in [1.29, 1.82) is 0 Å². The van der Waals surface area contributed by atoms with Crippen molar-refractivity contribution in [3.05, 3.63) is 0 Å². The van der Waals surface area contributed by atoms with Crippen LogP contribution in [-0.2, 0) is 0 Å². The molecule has 1 aromatic rings. The van der Waals surface area contributed by atoms with Crippen LogP contribution in [0.2, 0.25) is 0 Å². The first-order valence-corrected chi connectivity index (χ1v) is 5.99. The highest BCUT2D eigenvalue weighted by molar-refractivity contribution is 8.03. The lowest BCUT2D eigenvalue weighted by molar-refractivity contribution is 0.957. The molecule has 0 saturated heterocycles. The minimum Gasteiger partial charge on any atom is -0.131 e. The molecule has 2 nitrogen and oxygen atoms in total. The SMILES string of the molecule is CSc1nnc(SCCl)s1. The molecule has 0 unspecified atom stereocenters. The average molecular weight is 213 g/mol. The highest BCUT2D eigenvalue weighted by Gasteiger charge is 2.00. The Morgan fingerprint density at radius 2 is 2.20 bits per heavy atom. The van der Waals surface area contributed by atoms with Crippen molar-refractivity contribution in [3.63, 3.8) is 0 Å². The molecule has 0 atom stereocenters. The lowest BCUT2D eigenvalue weighted by atomic mass is 11.5. The Labute approximate surface area is 76.8 Å². The zero-order valence-electron chi connectivity index (χ0n) is 5.20. The molecule has 1 rings (SSSR count). The molecule has 10 heavy (non-hydrogen) atoms. The molecular formula is C4H5ClN2S3. The van der Waals surface area contributed by atoms with Crippen molar-refractivity contribution >= 4 is 46.5 Å². The van der Waals surface area contributed by atoms with Crippen LogP contribution in [0.5, 0.6) is 0 Å². The Hall–Kier alpha value is 0.550. The fourth-order valence-electron chi connectivity index (χ4n) is 0.385. The van der Waals surface area contributed by atoms with Crippen LogP contribution in [-0.4, -0.2) is 21.7 Å². The minimum atomic E-state index is 0.545. The van der Waals surface area contributed by atoms with E-state index in [-0.39, 0.29) is 0 Å². The van der Waals surface area contributed by atoms with Gasteiger partial charge in [-0.05, 0) is 6.26 Å². The second-order valence-electron chi connectivity index (χ2n) is 1.29. The molecule has 1 aromatic heterocycles. The van der Waals surface area contributed by atoms with Gasteiger partial charge >= 0.3 is 0 Å². The average Bonchev–Trinajstić information content (AvgIpc) is 2.37. The van der Waals surface area contributed by atoms with Gasteiger partial charge in [-0.2, -0.15) is 0 Å². The maximum absolute atomic E-state index is 5.48. The van der Waals surface area contributed by atoms with Gasteiger partial charge in [0.25, 0.3) is 0 Å². The molecule has 0 bridgehead atoms. The molecule has 0 aliphatic carbocycles. The smallest absolute Gasteiger partial charge is 0.131 e. The van der Waals surface area contributed by atoms with Crippen molar-refractivity contribution in [2.45, 2.75) is 8.68 Å². The number of alkyl halides is 1. The molecule has 56 valence electrons. The lowest BCUT2D eigenvalue weighted by Crippen LogP contribution is -1.69. The molecule has 0 spiro atoms. The van der Waals surface area contributed by atoms with Gasteiger partial charge in [0.05, 0.1) is 5.21 Å². The van der Waals surface area contributed by atoms with E-state index in [1.165, 1.54) is 11.8 Å². The highest BCUT2D eigenvalue weighted by atomic mass is 35.5. The van der Waals surface area contributed by atoms with Crippen LogP contribution in [0.15, 0.2) is 8.68 Å². The first-order chi connectivity index (χ1) is 4.86. The Bertz CT molecular complexity index is 202. The molecule has 6 heteroatoms. The highest BCUT2D eigenvalue weighted by Crippen LogP contribution is 2.27. The number of nitrogens with zero attached hydrogens (tertiary/aromatic N) is 2. The van der Waals surface area contributed by atoms with Crippen LogP contribution >= 0.6 is 46.5 Å². The van der Waals surface area contributed by atoms with Gasteiger partial charge in [0.2, 0.25) is 0 Å². The zero-order chi connectivity index (χ0) is 7.40. The topological polar surface area (TPSA) is 25.8 Å². The normalized spacial score (nSPS) is 10.2. The molecule has 0 radical (unpaired) electrons. The minimum absolute atomic E-state index is 0.545. The van der Waals surface area contributed by atoms with Crippen molar-refractivity contribution < 1.29 is 0 Å². The van der Waals surface area contributed by atoms with E-state index in [1.807, 2.05) is 6.26 Å². The monoisotopic (exact) mass is 212 g/mol.